The van der Waals surface area contributed by atoms with Gasteiger partial charge in [-0.1, -0.05) is 19.3 Å². The van der Waals surface area contributed by atoms with Gasteiger partial charge in [-0.2, -0.15) is 5.26 Å². The van der Waals surface area contributed by atoms with Gasteiger partial charge in [-0.25, -0.2) is 0 Å². The van der Waals surface area contributed by atoms with E-state index in [9.17, 15) is 15.2 Å². The Bertz CT molecular complexity index is 560. The lowest BCUT2D eigenvalue weighted by Crippen LogP contribution is -2.23. The fraction of sp³-hybridized carbons (Fsp3) is 0.500. The molecule has 3 N–H and O–H groups in total. The first-order chi connectivity index (χ1) is 9.54. The lowest BCUT2D eigenvalue weighted by atomic mass is 9.81. The van der Waals surface area contributed by atoms with Gasteiger partial charge in [0.15, 0.2) is 5.75 Å². The lowest BCUT2D eigenvalue weighted by molar-refractivity contribution is -0.386. The Hall–Kier alpha value is -2.13. The zero-order valence-electron chi connectivity index (χ0n) is 11.1. The summed E-state index contributed by atoms with van der Waals surface area (Å²) >= 11 is 0. The molecule has 106 valence electrons. The molecule has 1 aromatic rings. The molecular weight excluding hydrogens is 258 g/mol. The highest BCUT2D eigenvalue weighted by molar-refractivity contribution is 5.57. The minimum atomic E-state index is -0.687. The first kappa shape index (κ1) is 14.3. The zero-order chi connectivity index (χ0) is 14.7. The van der Waals surface area contributed by atoms with Crippen molar-refractivity contribution in [2.24, 2.45) is 11.7 Å². The van der Waals surface area contributed by atoms with Crippen LogP contribution in [0.25, 0.3) is 0 Å². The van der Waals surface area contributed by atoms with Crippen LogP contribution >= 0.6 is 0 Å². The average molecular weight is 275 g/mol. The third-order valence-corrected chi connectivity index (χ3v) is 3.96. The van der Waals surface area contributed by atoms with Crippen LogP contribution in [0.2, 0.25) is 0 Å². The molecule has 1 aliphatic rings. The van der Waals surface area contributed by atoms with Gasteiger partial charge in [0, 0.05) is 17.7 Å². The molecule has 6 nitrogen and oxygen atoms in total. The number of nitro benzene ring substituents is 1. The van der Waals surface area contributed by atoms with Crippen molar-refractivity contribution in [2.45, 2.75) is 38.1 Å². The Morgan fingerprint density at radius 2 is 2.05 bits per heavy atom. The number of phenolic OH excluding ortho intramolecular Hbond substituents is 1. The first-order valence-corrected chi connectivity index (χ1v) is 6.71. The quantitative estimate of drug-likeness (QED) is 0.650. The van der Waals surface area contributed by atoms with Crippen LogP contribution in [0.15, 0.2) is 12.1 Å². The maximum absolute atomic E-state index is 10.9. The summed E-state index contributed by atoms with van der Waals surface area (Å²) in [4.78, 5) is 10.2. The maximum atomic E-state index is 10.9. The molecule has 1 aromatic carbocycles. The Kier molecular flexibility index (Phi) is 4.20. The summed E-state index contributed by atoms with van der Waals surface area (Å²) < 4.78 is 0. The predicted octanol–water partition coefficient (Wildman–Crippen LogP) is 2.75. The third-order valence-electron chi connectivity index (χ3n) is 3.96. The maximum Gasteiger partial charge on any atom is 0.312 e. The molecule has 0 amide bonds. The van der Waals surface area contributed by atoms with Crippen molar-refractivity contribution in [3.8, 4) is 11.8 Å². The number of nitriles is 1. The molecule has 0 spiro atoms. The van der Waals surface area contributed by atoms with Crippen molar-refractivity contribution in [1.29, 1.82) is 5.26 Å². The van der Waals surface area contributed by atoms with Gasteiger partial charge in [-0.15, -0.1) is 0 Å². The molecule has 0 heterocycles. The molecule has 0 bridgehead atoms. The molecule has 20 heavy (non-hydrogen) atoms. The molecule has 6 heteroatoms. The highest BCUT2D eigenvalue weighted by Gasteiger charge is 2.28. The summed E-state index contributed by atoms with van der Waals surface area (Å²) in [5.74, 6) is -0.213. The van der Waals surface area contributed by atoms with E-state index in [0.29, 0.717) is 5.56 Å². The molecule has 0 unspecified atom stereocenters. The highest BCUT2D eigenvalue weighted by Crippen LogP contribution is 2.40. The van der Waals surface area contributed by atoms with Crippen molar-refractivity contribution >= 4 is 5.69 Å². The van der Waals surface area contributed by atoms with E-state index in [4.69, 9.17) is 11.0 Å². The number of benzene rings is 1. The number of phenols is 1. The van der Waals surface area contributed by atoms with E-state index in [-0.39, 0.29) is 11.5 Å². The van der Waals surface area contributed by atoms with E-state index in [1.54, 1.807) is 0 Å². The topological polar surface area (TPSA) is 113 Å². The van der Waals surface area contributed by atoms with Gasteiger partial charge in [-0.3, -0.25) is 10.1 Å². The van der Waals surface area contributed by atoms with Crippen LogP contribution in [0.4, 0.5) is 5.69 Å². The van der Waals surface area contributed by atoms with E-state index < -0.39 is 22.4 Å². The van der Waals surface area contributed by atoms with Crippen LogP contribution < -0.4 is 5.73 Å². The van der Waals surface area contributed by atoms with Gasteiger partial charge in [0.1, 0.15) is 0 Å². The van der Waals surface area contributed by atoms with Gasteiger partial charge in [0.2, 0.25) is 0 Å². The predicted molar refractivity (Wildman–Crippen MR) is 73.0 cm³/mol. The molecule has 0 saturated heterocycles. The normalized spacial score (nSPS) is 17.4. The molecule has 1 saturated carbocycles. The molecule has 1 aliphatic carbocycles. The van der Waals surface area contributed by atoms with Crippen molar-refractivity contribution < 1.29 is 10.0 Å². The van der Waals surface area contributed by atoms with E-state index in [2.05, 4.69) is 0 Å². The van der Waals surface area contributed by atoms with Crippen LogP contribution in [-0.2, 0) is 0 Å². The number of hydrogen-bond donors (Lipinski definition) is 2. The van der Waals surface area contributed by atoms with E-state index in [1.165, 1.54) is 12.5 Å². The Morgan fingerprint density at radius 3 is 2.60 bits per heavy atom. The lowest BCUT2D eigenvalue weighted by Gasteiger charge is -2.28. The SMILES string of the molecule is N#Cc1cc([C@@H](N)C2CCCCC2)c(O)c([N+](=O)[O-])c1. The monoisotopic (exact) mass is 275 g/mol. The Balaban J connectivity index is 2.41. The second-order valence-electron chi connectivity index (χ2n) is 5.23. The molecule has 1 fully saturated rings. The van der Waals surface area contributed by atoms with Gasteiger partial charge in [-0.05, 0) is 24.8 Å². The van der Waals surface area contributed by atoms with E-state index >= 15 is 0 Å². The number of nitro groups is 1. The van der Waals surface area contributed by atoms with Crippen LogP contribution in [0, 0.1) is 27.4 Å². The number of rotatable bonds is 3. The highest BCUT2D eigenvalue weighted by atomic mass is 16.6. The fourth-order valence-electron chi connectivity index (χ4n) is 2.85. The summed E-state index contributed by atoms with van der Waals surface area (Å²) in [6.07, 6.45) is 5.24. The standard InChI is InChI=1S/C14H17N3O3/c15-8-9-6-11(14(18)12(7-9)17(19)20)13(16)10-4-2-1-3-5-10/h6-7,10,13,18H,1-5,16H2/t13-/m0/s1. The van der Waals surface area contributed by atoms with Crippen molar-refractivity contribution in [2.75, 3.05) is 0 Å². The Labute approximate surface area is 117 Å². The largest absolute Gasteiger partial charge is 0.502 e. The molecule has 0 aromatic heterocycles. The average Bonchev–Trinajstić information content (AvgIpc) is 2.47. The van der Waals surface area contributed by atoms with E-state index in [0.717, 1.165) is 31.7 Å². The summed E-state index contributed by atoms with van der Waals surface area (Å²) in [6.45, 7) is 0. The molecular formula is C14H17N3O3. The van der Waals surface area contributed by atoms with Gasteiger partial charge in [0.25, 0.3) is 0 Å². The zero-order valence-corrected chi connectivity index (χ0v) is 11.1. The number of nitrogens with zero attached hydrogens (tertiary/aromatic N) is 2. The minimum Gasteiger partial charge on any atom is -0.502 e. The van der Waals surface area contributed by atoms with Crippen molar-refractivity contribution in [3.05, 3.63) is 33.4 Å². The van der Waals surface area contributed by atoms with Gasteiger partial charge < -0.3 is 10.8 Å². The summed E-state index contributed by atoms with van der Waals surface area (Å²) in [6, 6.07) is 3.94. The first-order valence-electron chi connectivity index (χ1n) is 6.71. The number of hydrogen-bond acceptors (Lipinski definition) is 5. The smallest absolute Gasteiger partial charge is 0.312 e. The molecule has 1 atom stereocenters. The Morgan fingerprint density at radius 1 is 1.40 bits per heavy atom. The van der Waals surface area contributed by atoms with Crippen LogP contribution in [0.5, 0.6) is 5.75 Å². The summed E-state index contributed by atoms with van der Waals surface area (Å²) in [5, 5.41) is 29.9. The van der Waals surface area contributed by atoms with Gasteiger partial charge >= 0.3 is 5.69 Å². The van der Waals surface area contributed by atoms with Crippen molar-refractivity contribution in [3.63, 3.8) is 0 Å². The van der Waals surface area contributed by atoms with Gasteiger partial charge in [0.05, 0.1) is 16.6 Å². The number of nitrogens with two attached hydrogens (primary N) is 1. The molecule has 0 aliphatic heterocycles. The van der Waals surface area contributed by atoms with Crippen molar-refractivity contribution in [1.82, 2.24) is 0 Å². The fourth-order valence-corrected chi connectivity index (χ4v) is 2.85. The second kappa shape index (κ2) is 5.88. The summed E-state index contributed by atoms with van der Waals surface area (Å²) in [5.41, 5.74) is 6.17. The van der Waals surface area contributed by atoms with Crippen LogP contribution in [0.1, 0.15) is 49.3 Å². The van der Waals surface area contributed by atoms with Crippen LogP contribution in [-0.4, -0.2) is 10.0 Å². The molecule has 0 radical (unpaired) electrons. The second-order valence-corrected chi connectivity index (χ2v) is 5.23. The summed E-state index contributed by atoms with van der Waals surface area (Å²) in [7, 11) is 0. The minimum absolute atomic E-state index is 0.149. The van der Waals surface area contributed by atoms with E-state index in [1.807, 2.05) is 6.07 Å². The molecule has 2 rings (SSSR count). The number of aromatic hydroxyl groups is 1. The van der Waals surface area contributed by atoms with Crippen LogP contribution in [0.3, 0.4) is 0 Å². The third kappa shape index (κ3) is 2.73.